The van der Waals surface area contributed by atoms with Crippen molar-refractivity contribution in [1.82, 2.24) is 4.98 Å². The third-order valence-electron chi connectivity index (χ3n) is 4.49. The topological polar surface area (TPSA) is 72.2 Å². The van der Waals surface area contributed by atoms with Crippen LogP contribution in [0.5, 0.6) is 0 Å². The highest BCUT2D eigenvalue weighted by atomic mass is 16.4. The molecule has 0 unspecified atom stereocenters. The van der Waals surface area contributed by atoms with Gasteiger partial charge in [-0.1, -0.05) is 29.3 Å². The van der Waals surface area contributed by atoms with Gasteiger partial charge in [0.2, 0.25) is 0 Å². The molecule has 0 radical (unpaired) electrons. The van der Waals surface area contributed by atoms with Gasteiger partial charge in [-0.15, -0.1) is 0 Å². The zero-order valence-electron chi connectivity index (χ0n) is 15.3. The summed E-state index contributed by atoms with van der Waals surface area (Å²) >= 11 is 0. The molecule has 2 heterocycles. The molecule has 1 N–H and O–H groups in total. The molecule has 4 rings (SSSR count). The van der Waals surface area contributed by atoms with Crippen LogP contribution in [0, 0.1) is 20.8 Å². The van der Waals surface area contributed by atoms with Crippen LogP contribution in [0.4, 0.5) is 5.82 Å². The van der Waals surface area contributed by atoms with Crippen molar-refractivity contribution in [3.8, 4) is 0 Å². The van der Waals surface area contributed by atoms with E-state index in [1.165, 1.54) is 0 Å². The summed E-state index contributed by atoms with van der Waals surface area (Å²) in [6, 6.07) is 14.6. The number of benzene rings is 2. The predicted octanol–water partition coefficient (Wildman–Crippen LogP) is 4.52. The van der Waals surface area contributed by atoms with E-state index in [1.54, 1.807) is 18.2 Å². The first kappa shape index (κ1) is 17.0. The number of carbonyl (C=O) groups is 1. The molecule has 0 aliphatic rings. The maximum Gasteiger partial charge on any atom is 0.346 e. The Labute approximate surface area is 155 Å². The number of hydrogen-bond donors (Lipinski definition) is 1. The second-order valence-corrected chi connectivity index (χ2v) is 6.76. The average Bonchev–Trinajstić information content (AvgIpc) is 2.60. The minimum atomic E-state index is -0.430. The van der Waals surface area contributed by atoms with Gasteiger partial charge in [-0.2, -0.15) is 0 Å². The molecule has 5 nitrogen and oxygen atoms in total. The molecule has 0 saturated carbocycles. The van der Waals surface area contributed by atoms with Gasteiger partial charge >= 0.3 is 5.63 Å². The quantitative estimate of drug-likeness (QED) is 0.422. The van der Waals surface area contributed by atoms with Gasteiger partial charge in [-0.05, 0) is 56.7 Å². The van der Waals surface area contributed by atoms with Gasteiger partial charge in [-0.25, -0.2) is 9.78 Å². The van der Waals surface area contributed by atoms with Crippen molar-refractivity contribution < 1.29 is 9.21 Å². The second kappa shape index (κ2) is 6.36. The Morgan fingerprint density at radius 1 is 1.00 bits per heavy atom. The normalized spacial score (nSPS) is 11.1. The van der Waals surface area contributed by atoms with Crippen LogP contribution >= 0.6 is 0 Å². The molecule has 0 aliphatic carbocycles. The Morgan fingerprint density at radius 3 is 2.44 bits per heavy atom. The Balaban J connectivity index is 1.84. The van der Waals surface area contributed by atoms with Crippen LogP contribution in [-0.2, 0) is 0 Å². The van der Waals surface area contributed by atoms with Crippen LogP contribution in [0.15, 0.2) is 57.7 Å². The second-order valence-electron chi connectivity index (χ2n) is 6.76. The molecule has 2 aromatic heterocycles. The molecule has 1 amide bonds. The summed E-state index contributed by atoms with van der Waals surface area (Å²) in [6.45, 7) is 5.71. The van der Waals surface area contributed by atoms with Crippen molar-refractivity contribution in [3.63, 3.8) is 0 Å². The fourth-order valence-electron chi connectivity index (χ4n) is 3.39. The first-order chi connectivity index (χ1) is 12.9. The number of para-hydroxylation sites is 1. The van der Waals surface area contributed by atoms with Gasteiger partial charge in [0.05, 0.1) is 10.9 Å². The molecule has 0 atom stereocenters. The van der Waals surface area contributed by atoms with Crippen LogP contribution in [0.3, 0.4) is 0 Å². The zero-order chi connectivity index (χ0) is 19.1. The van der Waals surface area contributed by atoms with E-state index in [0.29, 0.717) is 33.4 Å². The van der Waals surface area contributed by atoms with Gasteiger partial charge < -0.3 is 9.73 Å². The molecular weight excluding hydrogens is 340 g/mol. The minimum absolute atomic E-state index is 0.236. The Morgan fingerprint density at radius 2 is 1.70 bits per heavy atom. The van der Waals surface area contributed by atoms with E-state index in [0.717, 1.165) is 16.5 Å². The first-order valence-electron chi connectivity index (χ1n) is 8.65. The lowest BCUT2D eigenvalue weighted by atomic mass is 10.1. The van der Waals surface area contributed by atoms with Crippen molar-refractivity contribution in [1.29, 1.82) is 0 Å². The molecule has 0 spiro atoms. The number of fused-ring (bicyclic) bond motifs is 3. The molecule has 0 fully saturated rings. The van der Waals surface area contributed by atoms with E-state index in [1.807, 2.05) is 51.1 Å². The summed E-state index contributed by atoms with van der Waals surface area (Å²) < 4.78 is 5.39. The van der Waals surface area contributed by atoms with Crippen molar-refractivity contribution in [3.05, 3.63) is 81.2 Å². The van der Waals surface area contributed by atoms with Crippen LogP contribution in [0.2, 0.25) is 0 Å². The van der Waals surface area contributed by atoms with E-state index in [2.05, 4.69) is 10.3 Å². The summed E-state index contributed by atoms with van der Waals surface area (Å²) in [5.74, 6) is 0.167. The molecule has 0 saturated heterocycles. The summed E-state index contributed by atoms with van der Waals surface area (Å²) in [5.41, 5.74) is 3.88. The number of carbonyl (C=O) groups excluding carboxylic acids is 1. The minimum Gasteiger partial charge on any atom is -0.422 e. The SMILES string of the molecule is Cc1cc(C)cc(C(=O)Nc2cc(C)c3c(=O)oc4ccccc4c3n2)c1. The molecule has 27 heavy (non-hydrogen) atoms. The molecule has 0 aliphatic heterocycles. The number of rotatable bonds is 2. The lowest BCUT2D eigenvalue weighted by Gasteiger charge is -2.10. The number of amides is 1. The lowest BCUT2D eigenvalue weighted by molar-refractivity contribution is 0.102. The third-order valence-corrected chi connectivity index (χ3v) is 4.49. The standard InChI is InChI=1S/C22H18N2O3/c1-12-8-13(2)10-15(9-12)21(25)24-18-11-14(3)19-20(23-18)16-6-4-5-7-17(16)27-22(19)26/h4-11H,1-3H3,(H,23,24,25). The maximum atomic E-state index is 12.7. The first-order valence-corrected chi connectivity index (χ1v) is 8.65. The van der Waals surface area contributed by atoms with Crippen LogP contribution < -0.4 is 10.9 Å². The number of nitrogens with zero attached hydrogens (tertiary/aromatic N) is 1. The van der Waals surface area contributed by atoms with Gasteiger partial charge in [-0.3, -0.25) is 4.79 Å². The number of pyridine rings is 1. The molecular formula is C22H18N2O3. The maximum absolute atomic E-state index is 12.7. The van der Waals surface area contributed by atoms with Gasteiger partial charge in [0.25, 0.3) is 5.91 Å². The van der Waals surface area contributed by atoms with Crippen molar-refractivity contribution >= 4 is 33.6 Å². The number of nitrogens with one attached hydrogen (secondary N) is 1. The van der Waals surface area contributed by atoms with Crippen molar-refractivity contribution in [2.75, 3.05) is 5.32 Å². The number of aromatic nitrogens is 1. The fourth-order valence-corrected chi connectivity index (χ4v) is 3.39. The van der Waals surface area contributed by atoms with E-state index >= 15 is 0 Å². The van der Waals surface area contributed by atoms with E-state index in [4.69, 9.17) is 4.42 Å². The van der Waals surface area contributed by atoms with Crippen LogP contribution in [0.1, 0.15) is 27.0 Å². The van der Waals surface area contributed by atoms with E-state index < -0.39 is 5.63 Å². The fraction of sp³-hybridized carbons (Fsp3) is 0.136. The molecule has 134 valence electrons. The third kappa shape index (κ3) is 3.08. The van der Waals surface area contributed by atoms with Crippen molar-refractivity contribution in [2.24, 2.45) is 0 Å². The summed E-state index contributed by atoms with van der Waals surface area (Å²) in [7, 11) is 0. The van der Waals surface area contributed by atoms with Gasteiger partial charge in [0.15, 0.2) is 0 Å². The zero-order valence-corrected chi connectivity index (χ0v) is 15.3. The summed E-state index contributed by atoms with van der Waals surface area (Å²) in [4.78, 5) is 29.6. The summed E-state index contributed by atoms with van der Waals surface area (Å²) in [6.07, 6.45) is 0. The monoisotopic (exact) mass is 358 g/mol. The number of aryl methyl sites for hydroxylation is 3. The Kier molecular flexibility index (Phi) is 4.00. The van der Waals surface area contributed by atoms with E-state index in [-0.39, 0.29) is 5.91 Å². The number of hydrogen-bond acceptors (Lipinski definition) is 4. The largest absolute Gasteiger partial charge is 0.422 e. The molecule has 5 heteroatoms. The highest BCUT2D eigenvalue weighted by molar-refractivity contribution is 6.07. The highest BCUT2D eigenvalue weighted by Gasteiger charge is 2.14. The van der Waals surface area contributed by atoms with Gasteiger partial charge in [0.1, 0.15) is 11.4 Å². The van der Waals surface area contributed by atoms with Crippen molar-refractivity contribution in [2.45, 2.75) is 20.8 Å². The molecule has 4 aromatic rings. The smallest absolute Gasteiger partial charge is 0.346 e. The Hall–Kier alpha value is -3.47. The Bertz CT molecular complexity index is 1250. The van der Waals surface area contributed by atoms with E-state index in [9.17, 15) is 9.59 Å². The van der Waals surface area contributed by atoms with Crippen LogP contribution in [-0.4, -0.2) is 10.9 Å². The van der Waals surface area contributed by atoms with Gasteiger partial charge in [0, 0.05) is 10.9 Å². The molecule has 0 bridgehead atoms. The summed E-state index contributed by atoms with van der Waals surface area (Å²) in [5, 5.41) is 4.01. The lowest BCUT2D eigenvalue weighted by Crippen LogP contribution is -2.14. The van der Waals surface area contributed by atoms with Crippen LogP contribution in [0.25, 0.3) is 21.9 Å². The highest BCUT2D eigenvalue weighted by Crippen LogP contribution is 2.25. The predicted molar refractivity (Wildman–Crippen MR) is 106 cm³/mol. The number of anilines is 1. The molecule has 2 aromatic carbocycles. The average molecular weight is 358 g/mol.